The second-order valence-corrected chi connectivity index (χ2v) is 15.6. The van der Waals surface area contributed by atoms with Crippen LogP contribution in [-0.4, -0.2) is 6.71 Å². The molecule has 13 rings (SSSR count). The van der Waals surface area contributed by atoms with Crippen LogP contribution in [0.2, 0.25) is 0 Å². The molecule has 0 N–H and O–H groups in total. The van der Waals surface area contributed by atoms with E-state index in [0.717, 1.165) is 11.4 Å². The van der Waals surface area contributed by atoms with Gasteiger partial charge in [-0.15, -0.1) is 0 Å². The van der Waals surface area contributed by atoms with E-state index < -0.39 is 0 Å². The maximum absolute atomic E-state index is 2.56. The maximum atomic E-state index is 2.56. The summed E-state index contributed by atoms with van der Waals surface area (Å²) in [7, 11) is 0. The van der Waals surface area contributed by atoms with E-state index >= 15 is 0 Å². The molecule has 0 radical (unpaired) electrons. The molecule has 11 aromatic carbocycles. The van der Waals surface area contributed by atoms with Crippen LogP contribution in [0.4, 0.5) is 34.1 Å². The van der Waals surface area contributed by atoms with Gasteiger partial charge in [-0.1, -0.05) is 164 Å². The van der Waals surface area contributed by atoms with Gasteiger partial charge in [-0.25, -0.2) is 0 Å². The highest BCUT2D eigenvalue weighted by Crippen LogP contribution is 2.49. The van der Waals surface area contributed by atoms with Crippen molar-refractivity contribution in [2.45, 2.75) is 0 Å². The Balaban J connectivity index is 1.18. The highest BCUT2D eigenvalue weighted by Gasteiger charge is 2.44. The van der Waals surface area contributed by atoms with Crippen LogP contribution in [0.1, 0.15) is 0 Å². The molecular formula is C54H33BN2. The third-order valence-electron chi connectivity index (χ3n) is 12.7. The molecular weight excluding hydrogens is 687 g/mol. The Kier molecular flexibility index (Phi) is 6.28. The monoisotopic (exact) mass is 720 g/mol. The summed E-state index contributed by atoms with van der Waals surface area (Å²) in [5, 5.41) is 15.1. The lowest BCUT2D eigenvalue weighted by atomic mass is 9.33. The fourth-order valence-electron chi connectivity index (χ4n) is 10.3. The predicted molar refractivity (Wildman–Crippen MR) is 245 cm³/mol. The highest BCUT2D eigenvalue weighted by molar-refractivity contribution is 7.00. The zero-order valence-corrected chi connectivity index (χ0v) is 31.0. The van der Waals surface area contributed by atoms with Gasteiger partial charge < -0.3 is 9.80 Å². The minimum absolute atomic E-state index is 0.0151. The summed E-state index contributed by atoms with van der Waals surface area (Å²) >= 11 is 0. The average molecular weight is 721 g/mol. The fraction of sp³-hybridized carbons (Fsp3) is 0. The van der Waals surface area contributed by atoms with Crippen molar-refractivity contribution in [1.82, 2.24) is 0 Å². The highest BCUT2D eigenvalue weighted by atomic mass is 15.2. The summed E-state index contributed by atoms with van der Waals surface area (Å²) in [5.74, 6) is 0. The minimum atomic E-state index is 0.0151. The zero-order valence-electron chi connectivity index (χ0n) is 31.0. The van der Waals surface area contributed by atoms with E-state index in [1.807, 2.05) is 0 Å². The third kappa shape index (κ3) is 4.31. The van der Waals surface area contributed by atoms with E-state index in [-0.39, 0.29) is 6.71 Å². The van der Waals surface area contributed by atoms with E-state index in [0.29, 0.717) is 0 Å². The van der Waals surface area contributed by atoms with Gasteiger partial charge in [0.2, 0.25) is 0 Å². The van der Waals surface area contributed by atoms with E-state index in [9.17, 15) is 0 Å². The standard InChI is InChI=1S/C54H33BN2/c1-3-14-38-32-40(24-20-34(38)10-1)56-50-18-9-19-51-52(50)55(48-30-28-44-42-16-7-5-12-36(42)22-26-46(44)53(48)56)49-31-29-45-43-17-8-6-13-37(43)23-27-47(45)54(49)57(51)41-25-21-35-11-2-4-15-39(35)33-41/h1-33H. The first-order valence-corrected chi connectivity index (χ1v) is 19.9. The molecule has 0 saturated heterocycles. The summed E-state index contributed by atoms with van der Waals surface area (Å²) in [6.07, 6.45) is 0. The SMILES string of the molecule is c1cc2c3c(c1)N(c1ccc4ccccc4c1)c1c(ccc4c1ccc1ccccc14)B3c1ccc3c(ccc4ccccc43)c1N2c1ccc2ccccc2c1. The van der Waals surface area contributed by atoms with Crippen molar-refractivity contribution in [3.8, 4) is 0 Å². The first-order valence-electron chi connectivity index (χ1n) is 19.9. The van der Waals surface area contributed by atoms with E-state index in [4.69, 9.17) is 0 Å². The van der Waals surface area contributed by atoms with Crippen molar-refractivity contribution >= 4 is 122 Å². The molecule has 11 aromatic rings. The lowest BCUT2D eigenvalue weighted by Gasteiger charge is -2.45. The Bertz CT molecular complexity index is 3290. The van der Waals surface area contributed by atoms with Crippen LogP contribution in [0.5, 0.6) is 0 Å². The van der Waals surface area contributed by atoms with Crippen LogP contribution in [0.15, 0.2) is 200 Å². The molecule has 0 bridgehead atoms. The Labute approximate surface area is 330 Å². The van der Waals surface area contributed by atoms with Gasteiger partial charge in [0.05, 0.1) is 0 Å². The lowest BCUT2D eigenvalue weighted by molar-refractivity contribution is 1.27. The molecule has 2 aliphatic rings. The number of anilines is 6. The largest absolute Gasteiger partial charge is 0.311 e. The molecule has 0 saturated carbocycles. The third-order valence-corrected chi connectivity index (χ3v) is 12.7. The summed E-state index contributed by atoms with van der Waals surface area (Å²) in [4.78, 5) is 5.12. The van der Waals surface area contributed by atoms with Crippen LogP contribution < -0.4 is 26.2 Å². The first-order chi connectivity index (χ1) is 28.3. The quantitative estimate of drug-likeness (QED) is 0.130. The van der Waals surface area contributed by atoms with Crippen molar-refractivity contribution in [2.24, 2.45) is 0 Å². The first kappa shape index (κ1) is 30.9. The molecule has 57 heavy (non-hydrogen) atoms. The molecule has 0 unspecified atom stereocenters. The number of hydrogen-bond acceptors (Lipinski definition) is 2. The molecule has 0 fully saturated rings. The van der Waals surface area contributed by atoms with Crippen LogP contribution in [0.3, 0.4) is 0 Å². The second-order valence-electron chi connectivity index (χ2n) is 15.6. The molecule has 2 heterocycles. The molecule has 262 valence electrons. The van der Waals surface area contributed by atoms with Gasteiger partial charge >= 0.3 is 0 Å². The minimum Gasteiger partial charge on any atom is -0.311 e. The van der Waals surface area contributed by atoms with Gasteiger partial charge in [-0.2, -0.15) is 0 Å². The van der Waals surface area contributed by atoms with Crippen molar-refractivity contribution in [3.05, 3.63) is 200 Å². The summed E-state index contributed by atoms with van der Waals surface area (Å²) in [6.45, 7) is 0.0151. The summed E-state index contributed by atoms with van der Waals surface area (Å²) in [5.41, 5.74) is 11.3. The van der Waals surface area contributed by atoms with Crippen LogP contribution in [0.25, 0.3) is 64.6 Å². The zero-order chi connectivity index (χ0) is 37.2. The lowest BCUT2D eigenvalue weighted by Crippen LogP contribution is -2.61. The normalized spacial score (nSPS) is 13.2. The summed E-state index contributed by atoms with van der Waals surface area (Å²) < 4.78 is 0. The molecule has 0 aromatic heterocycles. The predicted octanol–water partition coefficient (Wildman–Crippen LogP) is 12.7. The van der Waals surface area contributed by atoms with Gasteiger partial charge in [-0.05, 0) is 107 Å². The van der Waals surface area contributed by atoms with Gasteiger partial charge in [0.1, 0.15) is 0 Å². The molecule has 0 atom stereocenters. The second kappa shape index (κ2) is 11.6. The number of fused-ring (bicyclic) bond motifs is 14. The summed E-state index contributed by atoms with van der Waals surface area (Å²) in [6, 6.07) is 74.8. The topological polar surface area (TPSA) is 6.48 Å². The Morgan fingerprint density at radius 1 is 0.281 bits per heavy atom. The average Bonchev–Trinajstić information content (AvgIpc) is 3.28. The maximum Gasteiger partial charge on any atom is 0.252 e. The van der Waals surface area contributed by atoms with Gasteiger partial charge in [0.15, 0.2) is 0 Å². The van der Waals surface area contributed by atoms with Crippen molar-refractivity contribution in [1.29, 1.82) is 0 Å². The van der Waals surface area contributed by atoms with Gasteiger partial charge in [0, 0.05) is 44.9 Å². The number of rotatable bonds is 2. The van der Waals surface area contributed by atoms with Crippen molar-refractivity contribution < 1.29 is 0 Å². The molecule has 2 aliphatic heterocycles. The van der Waals surface area contributed by atoms with Crippen LogP contribution in [0, 0.1) is 0 Å². The Morgan fingerprint density at radius 2 is 0.684 bits per heavy atom. The Hall–Kier alpha value is -7.36. The van der Waals surface area contributed by atoms with Crippen LogP contribution in [-0.2, 0) is 0 Å². The molecule has 3 heteroatoms. The number of benzene rings is 11. The van der Waals surface area contributed by atoms with E-state index in [2.05, 4.69) is 210 Å². The molecule has 0 spiro atoms. The van der Waals surface area contributed by atoms with Gasteiger partial charge in [0.25, 0.3) is 6.71 Å². The van der Waals surface area contributed by atoms with E-state index in [1.165, 1.54) is 104 Å². The van der Waals surface area contributed by atoms with Crippen molar-refractivity contribution in [2.75, 3.05) is 9.80 Å². The van der Waals surface area contributed by atoms with E-state index in [1.54, 1.807) is 0 Å². The molecule has 2 nitrogen and oxygen atoms in total. The number of nitrogens with zero attached hydrogens (tertiary/aromatic N) is 2. The number of hydrogen-bond donors (Lipinski definition) is 0. The molecule has 0 amide bonds. The van der Waals surface area contributed by atoms with Crippen molar-refractivity contribution in [3.63, 3.8) is 0 Å². The van der Waals surface area contributed by atoms with Crippen LogP contribution >= 0.6 is 0 Å². The molecule has 0 aliphatic carbocycles. The fourth-order valence-corrected chi connectivity index (χ4v) is 10.3. The smallest absolute Gasteiger partial charge is 0.252 e. The van der Waals surface area contributed by atoms with Gasteiger partial charge in [-0.3, -0.25) is 0 Å². The Morgan fingerprint density at radius 3 is 1.18 bits per heavy atom.